The summed E-state index contributed by atoms with van der Waals surface area (Å²) in [4.78, 5) is 54.4. The lowest BCUT2D eigenvalue weighted by atomic mass is 9.80. The molecule has 5 aromatic rings. The lowest BCUT2D eigenvalue weighted by Gasteiger charge is -2.29. The van der Waals surface area contributed by atoms with Gasteiger partial charge in [-0.25, -0.2) is 0 Å². The molecule has 2 aliphatic heterocycles. The minimum atomic E-state index is -0.314. The predicted molar refractivity (Wildman–Crippen MR) is 130 cm³/mol. The van der Waals surface area contributed by atoms with Gasteiger partial charge in [0, 0.05) is 47.1 Å². The number of carbonyl (C=O) groups excluding carboxylic acids is 4. The van der Waals surface area contributed by atoms with Crippen LogP contribution in [0.2, 0.25) is 0 Å². The molecule has 0 N–H and O–H groups in total. The number of carbonyl (C=O) groups is 4. The van der Waals surface area contributed by atoms with Crippen molar-refractivity contribution in [2.45, 2.75) is 13.8 Å². The summed E-state index contributed by atoms with van der Waals surface area (Å²) in [6.07, 6.45) is 0. The molecule has 6 heteroatoms. The fraction of sp³-hybridized carbons (Fsp3) is 0.143. The zero-order chi connectivity index (χ0) is 23.8. The van der Waals surface area contributed by atoms with Crippen LogP contribution in [0.4, 0.5) is 0 Å². The second kappa shape index (κ2) is 5.78. The summed E-state index contributed by atoms with van der Waals surface area (Å²) in [6.45, 7) is 3.92. The Morgan fingerprint density at radius 2 is 0.824 bits per heavy atom. The Morgan fingerprint density at radius 1 is 0.471 bits per heavy atom. The van der Waals surface area contributed by atoms with E-state index in [0.717, 1.165) is 43.4 Å². The van der Waals surface area contributed by atoms with Gasteiger partial charge in [-0.15, -0.1) is 0 Å². The van der Waals surface area contributed by atoms with Crippen molar-refractivity contribution in [1.82, 2.24) is 9.80 Å². The lowest BCUT2D eigenvalue weighted by molar-refractivity contribution is 0.0635. The highest BCUT2D eigenvalue weighted by Crippen LogP contribution is 2.48. The van der Waals surface area contributed by atoms with E-state index in [-0.39, 0.29) is 23.6 Å². The number of aryl methyl sites for hydroxylation is 2. The van der Waals surface area contributed by atoms with Gasteiger partial charge in [0.25, 0.3) is 23.6 Å². The van der Waals surface area contributed by atoms with Crippen molar-refractivity contribution < 1.29 is 19.2 Å². The summed E-state index contributed by atoms with van der Waals surface area (Å²) in [6, 6.07) is 11.2. The second-order valence-electron chi connectivity index (χ2n) is 9.39. The molecule has 0 aromatic heterocycles. The third kappa shape index (κ3) is 1.91. The highest BCUT2D eigenvalue weighted by Gasteiger charge is 2.35. The van der Waals surface area contributed by atoms with Gasteiger partial charge in [0.2, 0.25) is 0 Å². The number of amides is 4. The molecule has 6 nitrogen and oxygen atoms in total. The van der Waals surface area contributed by atoms with Crippen LogP contribution in [-0.4, -0.2) is 47.5 Å². The van der Waals surface area contributed by atoms with E-state index in [1.807, 2.05) is 38.1 Å². The van der Waals surface area contributed by atoms with Crippen molar-refractivity contribution in [3.8, 4) is 0 Å². The lowest BCUT2D eigenvalue weighted by Crippen LogP contribution is -2.37. The van der Waals surface area contributed by atoms with Gasteiger partial charge in [0.05, 0.1) is 0 Å². The van der Waals surface area contributed by atoms with E-state index in [1.54, 1.807) is 12.1 Å². The molecular weight excluding hydrogens is 428 g/mol. The quantitative estimate of drug-likeness (QED) is 0.194. The fourth-order valence-electron chi connectivity index (χ4n) is 6.11. The zero-order valence-electron chi connectivity index (χ0n) is 19.0. The molecule has 0 atom stereocenters. The van der Waals surface area contributed by atoms with Gasteiger partial charge in [-0.05, 0) is 81.6 Å². The van der Waals surface area contributed by atoms with Crippen molar-refractivity contribution in [2.75, 3.05) is 14.1 Å². The first-order valence-electron chi connectivity index (χ1n) is 11.1. The largest absolute Gasteiger partial charge is 0.277 e. The summed E-state index contributed by atoms with van der Waals surface area (Å²) in [7, 11) is 3.02. The molecule has 5 aromatic carbocycles. The molecule has 0 saturated carbocycles. The van der Waals surface area contributed by atoms with Gasteiger partial charge < -0.3 is 0 Å². The Hall–Kier alpha value is -4.32. The van der Waals surface area contributed by atoms with Crippen LogP contribution in [0.3, 0.4) is 0 Å². The summed E-state index contributed by atoms with van der Waals surface area (Å²) in [5, 5.41) is 6.82. The standard InChI is InChI=1S/C28H18N2O4/c1-11-9-17-21-15(25(31)29(3)27(17)33)8-6-14-20-12(2)10-18-22-16(26(32)30(4)28(18)34)7-5-13(24(20)22)19(11)23(14)21/h5-10H,1-4H3. The van der Waals surface area contributed by atoms with Gasteiger partial charge in [-0.1, -0.05) is 12.1 Å². The average Bonchev–Trinajstić information content (AvgIpc) is 2.83. The molecule has 0 fully saturated rings. The molecule has 0 bridgehead atoms. The maximum atomic E-state index is 13.1. The second-order valence-corrected chi connectivity index (χ2v) is 9.39. The molecule has 0 aliphatic carbocycles. The SMILES string of the molecule is Cc1cc2c3c(ccc4c5c(C)cc6c7c(ccc(c1c34)c75)C(=O)N(C)C6=O)C(=O)N(C)C2=O. The summed E-state index contributed by atoms with van der Waals surface area (Å²) >= 11 is 0. The van der Waals surface area contributed by atoms with E-state index >= 15 is 0 Å². The Morgan fingerprint density at radius 3 is 1.21 bits per heavy atom. The van der Waals surface area contributed by atoms with Crippen molar-refractivity contribution in [2.24, 2.45) is 0 Å². The molecule has 164 valence electrons. The smallest absolute Gasteiger partial charge is 0.261 e. The summed E-state index contributed by atoms with van der Waals surface area (Å²) in [5.74, 6) is -1.25. The van der Waals surface area contributed by atoms with Gasteiger partial charge in [-0.2, -0.15) is 0 Å². The van der Waals surface area contributed by atoms with Crippen LogP contribution in [0.5, 0.6) is 0 Å². The van der Waals surface area contributed by atoms with Crippen molar-refractivity contribution in [3.05, 3.63) is 69.8 Å². The number of hydrogen-bond acceptors (Lipinski definition) is 4. The van der Waals surface area contributed by atoms with Crippen molar-refractivity contribution >= 4 is 66.7 Å². The molecule has 2 aliphatic rings. The third-order valence-electron chi connectivity index (χ3n) is 7.64. The number of fused-ring (bicyclic) bond motifs is 2. The van der Waals surface area contributed by atoms with E-state index in [1.165, 1.54) is 23.9 Å². The molecule has 4 amide bonds. The minimum Gasteiger partial charge on any atom is -0.277 e. The van der Waals surface area contributed by atoms with E-state index in [2.05, 4.69) is 0 Å². The normalized spacial score (nSPS) is 15.8. The molecule has 0 radical (unpaired) electrons. The monoisotopic (exact) mass is 446 g/mol. The van der Waals surface area contributed by atoms with E-state index in [0.29, 0.717) is 33.0 Å². The number of benzene rings is 5. The molecule has 0 unspecified atom stereocenters. The Bertz CT molecular complexity index is 1740. The molecule has 0 spiro atoms. The van der Waals surface area contributed by atoms with Crippen LogP contribution in [0.1, 0.15) is 52.6 Å². The predicted octanol–water partition coefficient (Wildman–Crippen LogP) is 4.81. The van der Waals surface area contributed by atoms with Crippen LogP contribution < -0.4 is 0 Å². The molecule has 2 heterocycles. The Kier molecular flexibility index (Phi) is 3.26. The Labute approximate surface area is 193 Å². The number of nitrogens with zero attached hydrogens (tertiary/aromatic N) is 2. The fourth-order valence-corrected chi connectivity index (χ4v) is 6.11. The van der Waals surface area contributed by atoms with Gasteiger partial charge >= 0.3 is 0 Å². The van der Waals surface area contributed by atoms with E-state index in [9.17, 15) is 19.2 Å². The molecule has 7 rings (SSSR count). The molecular formula is C28H18N2O4. The van der Waals surface area contributed by atoms with Crippen molar-refractivity contribution in [3.63, 3.8) is 0 Å². The first-order valence-corrected chi connectivity index (χ1v) is 11.1. The summed E-state index contributed by atoms with van der Waals surface area (Å²) in [5.41, 5.74) is 3.88. The summed E-state index contributed by atoms with van der Waals surface area (Å²) < 4.78 is 0. The van der Waals surface area contributed by atoms with Crippen LogP contribution in [0.25, 0.3) is 43.1 Å². The first kappa shape index (κ1) is 19.2. The van der Waals surface area contributed by atoms with E-state index < -0.39 is 0 Å². The highest BCUT2D eigenvalue weighted by atomic mass is 16.2. The Balaban J connectivity index is 1.83. The maximum Gasteiger partial charge on any atom is 0.261 e. The number of hydrogen-bond donors (Lipinski definition) is 0. The van der Waals surface area contributed by atoms with Gasteiger partial charge in [0.1, 0.15) is 0 Å². The highest BCUT2D eigenvalue weighted by molar-refractivity contribution is 6.42. The third-order valence-corrected chi connectivity index (χ3v) is 7.64. The van der Waals surface area contributed by atoms with Crippen LogP contribution in [0, 0.1) is 13.8 Å². The minimum absolute atomic E-state index is 0.309. The van der Waals surface area contributed by atoms with Crippen molar-refractivity contribution in [1.29, 1.82) is 0 Å². The average molecular weight is 446 g/mol. The molecule has 0 saturated heterocycles. The van der Waals surface area contributed by atoms with Crippen LogP contribution in [0.15, 0.2) is 36.4 Å². The molecule has 34 heavy (non-hydrogen) atoms. The first-order chi connectivity index (χ1) is 16.2. The topological polar surface area (TPSA) is 74.8 Å². The van der Waals surface area contributed by atoms with Crippen LogP contribution >= 0.6 is 0 Å². The van der Waals surface area contributed by atoms with Crippen LogP contribution in [-0.2, 0) is 0 Å². The number of rotatable bonds is 0. The van der Waals surface area contributed by atoms with Gasteiger partial charge in [-0.3, -0.25) is 29.0 Å². The van der Waals surface area contributed by atoms with Gasteiger partial charge in [0.15, 0.2) is 0 Å². The maximum absolute atomic E-state index is 13.1. The zero-order valence-corrected chi connectivity index (χ0v) is 19.0. The van der Waals surface area contributed by atoms with E-state index in [4.69, 9.17) is 0 Å². The number of imide groups is 2.